The molecular formula is C10H9BrClN3O2. The number of hydrogen-bond donors (Lipinski definition) is 0. The van der Waals surface area contributed by atoms with Gasteiger partial charge in [0.15, 0.2) is 5.65 Å². The first-order chi connectivity index (χ1) is 8.15. The van der Waals surface area contributed by atoms with Crippen LogP contribution >= 0.6 is 27.5 Å². The number of carbonyl (C=O) groups excluding carboxylic acids is 1. The van der Waals surface area contributed by atoms with Crippen LogP contribution in [0.5, 0.6) is 0 Å². The van der Waals surface area contributed by atoms with Crippen molar-refractivity contribution in [3.05, 3.63) is 22.6 Å². The summed E-state index contributed by atoms with van der Waals surface area (Å²) in [7, 11) is 1.34. The highest BCUT2D eigenvalue weighted by Crippen LogP contribution is 2.19. The number of pyridine rings is 1. The predicted molar refractivity (Wildman–Crippen MR) is 66.8 cm³/mol. The van der Waals surface area contributed by atoms with Gasteiger partial charge in [0.2, 0.25) is 0 Å². The molecule has 90 valence electrons. The molecule has 0 bridgehead atoms. The fraction of sp³-hybridized carbons (Fsp3) is 0.300. The molecule has 0 N–H and O–H groups in total. The largest absolute Gasteiger partial charge is 0.468 e. The van der Waals surface area contributed by atoms with Crippen molar-refractivity contribution in [2.45, 2.75) is 12.4 Å². The van der Waals surface area contributed by atoms with Gasteiger partial charge < -0.3 is 9.30 Å². The first kappa shape index (κ1) is 12.3. The number of alkyl halides is 1. The molecule has 0 aliphatic rings. The maximum atomic E-state index is 11.3. The molecule has 0 aliphatic heterocycles. The zero-order valence-corrected chi connectivity index (χ0v) is 11.3. The molecule has 2 heterocycles. The minimum atomic E-state index is -0.361. The molecule has 0 unspecified atom stereocenters. The lowest BCUT2D eigenvalue weighted by molar-refractivity contribution is -0.141. The standard InChI is InChI=1S/C10H9BrClN3O2/c1-17-9(16)5-15-8(3-12)14-7-2-6(11)4-13-10(7)15/h2,4H,3,5H2,1H3. The smallest absolute Gasteiger partial charge is 0.325 e. The second-order valence-corrected chi connectivity index (χ2v) is 4.50. The number of halogens is 2. The van der Waals surface area contributed by atoms with Crippen molar-refractivity contribution in [1.82, 2.24) is 14.5 Å². The Bertz CT molecular complexity index is 570. The zero-order chi connectivity index (χ0) is 12.4. The van der Waals surface area contributed by atoms with Crippen LogP contribution in [-0.4, -0.2) is 27.6 Å². The Balaban J connectivity index is 2.54. The Morgan fingerprint density at radius 2 is 2.41 bits per heavy atom. The van der Waals surface area contributed by atoms with E-state index >= 15 is 0 Å². The van der Waals surface area contributed by atoms with Gasteiger partial charge in [-0.25, -0.2) is 9.97 Å². The summed E-state index contributed by atoms with van der Waals surface area (Å²) in [4.78, 5) is 19.8. The van der Waals surface area contributed by atoms with Crippen molar-refractivity contribution < 1.29 is 9.53 Å². The molecule has 0 saturated carbocycles. The number of carbonyl (C=O) groups is 1. The van der Waals surface area contributed by atoms with Crippen LogP contribution in [0.15, 0.2) is 16.7 Å². The number of esters is 1. The van der Waals surface area contributed by atoms with Crippen molar-refractivity contribution in [2.75, 3.05) is 7.11 Å². The second kappa shape index (κ2) is 5.01. The lowest BCUT2D eigenvalue weighted by atomic mass is 10.4. The number of aromatic nitrogens is 3. The Morgan fingerprint density at radius 1 is 1.65 bits per heavy atom. The van der Waals surface area contributed by atoms with Gasteiger partial charge in [-0.2, -0.15) is 0 Å². The van der Waals surface area contributed by atoms with Gasteiger partial charge in [-0.1, -0.05) is 0 Å². The Morgan fingerprint density at radius 3 is 3.06 bits per heavy atom. The number of fused-ring (bicyclic) bond motifs is 1. The zero-order valence-electron chi connectivity index (χ0n) is 8.98. The lowest BCUT2D eigenvalue weighted by Crippen LogP contribution is -2.13. The molecule has 2 aromatic rings. The molecule has 0 fully saturated rings. The van der Waals surface area contributed by atoms with E-state index in [1.54, 1.807) is 10.8 Å². The van der Waals surface area contributed by atoms with E-state index < -0.39 is 0 Å². The van der Waals surface area contributed by atoms with E-state index in [4.69, 9.17) is 11.6 Å². The Hall–Kier alpha value is -1.14. The molecule has 5 nitrogen and oxygen atoms in total. The van der Waals surface area contributed by atoms with Crippen LogP contribution in [0.1, 0.15) is 5.82 Å². The van der Waals surface area contributed by atoms with E-state index in [9.17, 15) is 4.79 Å². The SMILES string of the molecule is COC(=O)Cn1c(CCl)nc2cc(Br)cnc21. The van der Waals surface area contributed by atoms with Gasteiger partial charge in [-0.15, -0.1) is 11.6 Å². The van der Waals surface area contributed by atoms with Crippen molar-refractivity contribution in [3.8, 4) is 0 Å². The third-order valence-electron chi connectivity index (χ3n) is 2.27. The molecule has 0 spiro atoms. The Labute approximate surface area is 111 Å². The first-order valence-corrected chi connectivity index (χ1v) is 6.12. The summed E-state index contributed by atoms with van der Waals surface area (Å²) in [5.41, 5.74) is 1.31. The third-order valence-corrected chi connectivity index (χ3v) is 2.94. The summed E-state index contributed by atoms with van der Waals surface area (Å²) in [5.74, 6) is 0.448. The quantitative estimate of drug-likeness (QED) is 0.642. The van der Waals surface area contributed by atoms with E-state index in [1.165, 1.54) is 7.11 Å². The number of methoxy groups -OCH3 is 1. The molecule has 0 amide bonds. The molecule has 0 atom stereocenters. The first-order valence-electron chi connectivity index (χ1n) is 4.79. The van der Waals surface area contributed by atoms with Crippen molar-refractivity contribution in [3.63, 3.8) is 0 Å². The number of hydrogen-bond acceptors (Lipinski definition) is 4. The van der Waals surface area contributed by atoms with Gasteiger partial charge in [-0.05, 0) is 22.0 Å². The average Bonchev–Trinajstić information content (AvgIpc) is 2.66. The van der Waals surface area contributed by atoms with Crippen molar-refractivity contribution >= 4 is 44.7 Å². The minimum absolute atomic E-state index is 0.0592. The van der Waals surface area contributed by atoms with Gasteiger partial charge in [-0.3, -0.25) is 4.79 Å². The van der Waals surface area contributed by atoms with Crippen molar-refractivity contribution in [1.29, 1.82) is 0 Å². The van der Waals surface area contributed by atoms with Crippen LogP contribution in [0.25, 0.3) is 11.2 Å². The molecule has 0 aliphatic carbocycles. The van der Waals surface area contributed by atoms with Crippen LogP contribution in [0.4, 0.5) is 0 Å². The summed E-state index contributed by atoms with van der Waals surface area (Å²) >= 11 is 9.11. The molecular weight excluding hydrogens is 309 g/mol. The van der Waals surface area contributed by atoms with Gasteiger partial charge in [0.05, 0.1) is 13.0 Å². The highest BCUT2D eigenvalue weighted by Gasteiger charge is 2.14. The highest BCUT2D eigenvalue weighted by molar-refractivity contribution is 9.10. The fourth-order valence-electron chi connectivity index (χ4n) is 1.50. The molecule has 17 heavy (non-hydrogen) atoms. The molecule has 0 radical (unpaired) electrons. The predicted octanol–water partition coefficient (Wildman–Crippen LogP) is 2.11. The summed E-state index contributed by atoms with van der Waals surface area (Å²) in [6.07, 6.45) is 1.65. The summed E-state index contributed by atoms with van der Waals surface area (Å²) in [6, 6.07) is 1.83. The minimum Gasteiger partial charge on any atom is -0.468 e. The number of rotatable bonds is 3. The maximum absolute atomic E-state index is 11.3. The van der Waals surface area contributed by atoms with E-state index in [0.29, 0.717) is 17.0 Å². The monoisotopic (exact) mass is 317 g/mol. The van der Waals surface area contributed by atoms with Crippen LogP contribution in [0.2, 0.25) is 0 Å². The molecule has 0 saturated heterocycles. The van der Waals surface area contributed by atoms with E-state index in [0.717, 1.165) is 4.47 Å². The highest BCUT2D eigenvalue weighted by atomic mass is 79.9. The van der Waals surface area contributed by atoms with Crippen LogP contribution in [-0.2, 0) is 22.0 Å². The molecule has 0 aromatic carbocycles. The van der Waals surface area contributed by atoms with Gasteiger partial charge >= 0.3 is 5.97 Å². The molecule has 2 rings (SSSR count). The third kappa shape index (κ3) is 2.42. The second-order valence-electron chi connectivity index (χ2n) is 3.32. The van der Waals surface area contributed by atoms with E-state index in [1.807, 2.05) is 6.07 Å². The fourth-order valence-corrected chi connectivity index (χ4v) is 2.02. The molecule has 2 aromatic heterocycles. The van der Waals surface area contributed by atoms with Gasteiger partial charge in [0.1, 0.15) is 17.9 Å². The number of ether oxygens (including phenoxy) is 1. The van der Waals surface area contributed by atoms with Crippen LogP contribution in [0, 0.1) is 0 Å². The summed E-state index contributed by atoms with van der Waals surface area (Å²) in [5, 5.41) is 0. The summed E-state index contributed by atoms with van der Waals surface area (Å²) in [6.45, 7) is 0.0592. The molecule has 7 heteroatoms. The van der Waals surface area contributed by atoms with E-state index in [-0.39, 0.29) is 18.4 Å². The maximum Gasteiger partial charge on any atom is 0.325 e. The van der Waals surface area contributed by atoms with Gasteiger partial charge in [0, 0.05) is 10.7 Å². The summed E-state index contributed by atoms with van der Waals surface area (Å²) < 4.78 is 7.11. The van der Waals surface area contributed by atoms with Gasteiger partial charge in [0.25, 0.3) is 0 Å². The van der Waals surface area contributed by atoms with E-state index in [2.05, 4.69) is 30.6 Å². The van der Waals surface area contributed by atoms with Crippen molar-refractivity contribution in [2.24, 2.45) is 0 Å². The van der Waals surface area contributed by atoms with Crippen LogP contribution in [0.3, 0.4) is 0 Å². The average molecular weight is 319 g/mol. The Kier molecular flexibility index (Phi) is 3.63. The number of imidazole rings is 1. The topological polar surface area (TPSA) is 57.0 Å². The lowest BCUT2D eigenvalue weighted by Gasteiger charge is -2.04. The normalized spacial score (nSPS) is 10.8. The van der Waals surface area contributed by atoms with Crippen LogP contribution < -0.4 is 0 Å². The number of nitrogens with zero attached hydrogens (tertiary/aromatic N) is 3.